The zero-order chi connectivity index (χ0) is 25.8. The van der Waals surface area contributed by atoms with Crippen molar-refractivity contribution in [2.45, 2.75) is 32.0 Å². The molecule has 2 aromatic carbocycles. The van der Waals surface area contributed by atoms with Crippen molar-refractivity contribution in [2.75, 3.05) is 44.3 Å². The maximum Gasteiger partial charge on any atom is 0.219 e. The molecule has 0 bridgehead atoms. The van der Waals surface area contributed by atoms with E-state index in [1.54, 1.807) is 31.6 Å². The minimum absolute atomic E-state index is 0.137. The molecule has 1 amide bonds. The zero-order valence-electron chi connectivity index (χ0n) is 20.7. The normalized spacial score (nSPS) is 22.3. The molecule has 0 saturated carbocycles. The summed E-state index contributed by atoms with van der Waals surface area (Å²) in [6, 6.07) is 13.7. The third-order valence-electron chi connectivity index (χ3n) is 6.81. The molecule has 196 valence electrons. The van der Waals surface area contributed by atoms with Crippen molar-refractivity contribution >= 4 is 34.8 Å². The van der Waals surface area contributed by atoms with E-state index in [2.05, 4.69) is 34.1 Å². The SMILES string of the molecule is CC(=O)N1CCN(c2ccc(CO[C@H]3CO[C@](Cn4ccnc4)(c4ccc(Cl)cc4Cl)OC3)cc2)CC1. The second kappa shape index (κ2) is 11.4. The lowest BCUT2D eigenvalue weighted by Gasteiger charge is -2.41. The smallest absolute Gasteiger partial charge is 0.219 e. The highest BCUT2D eigenvalue weighted by atomic mass is 35.5. The van der Waals surface area contributed by atoms with Gasteiger partial charge in [-0.05, 0) is 29.8 Å². The lowest BCUT2D eigenvalue weighted by molar-refractivity contribution is -0.313. The number of hydrogen-bond acceptors (Lipinski definition) is 6. The monoisotopic (exact) mass is 544 g/mol. The molecule has 0 atom stereocenters. The van der Waals surface area contributed by atoms with E-state index in [1.807, 2.05) is 21.7 Å². The summed E-state index contributed by atoms with van der Waals surface area (Å²) in [7, 11) is 0. The first-order valence-electron chi connectivity index (χ1n) is 12.3. The fourth-order valence-electron chi connectivity index (χ4n) is 4.69. The van der Waals surface area contributed by atoms with Gasteiger partial charge in [0.1, 0.15) is 6.10 Å². The van der Waals surface area contributed by atoms with Crippen molar-refractivity contribution in [2.24, 2.45) is 0 Å². The summed E-state index contributed by atoms with van der Waals surface area (Å²) in [4.78, 5) is 19.9. The molecule has 10 heteroatoms. The number of ether oxygens (including phenoxy) is 3. The van der Waals surface area contributed by atoms with Gasteiger partial charge in [-0.1, -0.05) is 41.4 Å². The number of benzene rings is 2. The summed E-state index contributed by atoms with van der Waals surface area (Å²) < 4.78 is 20.6. The number of amides is 1. The third-order valence-corrected chi connectivity index (χ3v) is 7.36. The number of halogens is 2. The molecule has 2 aliphatic rings. The highest BCUT2D eigenvalue weighted by Crippen LogP contribution is 2.38. The Morgan fingerprint density at radius 2 is 1.81 bits per heavy atom. The maximum atomic E-state index is 11.6. The molecule has 2 fully saturated rings. The molecular weight excluding hydrogens is 515 g/mol. The van der Waals surface area contributed by atoms with Gasteiger partial charge >= 0.3 is 0 Å². The molecule has 37 heavy (non-hydrogen) atoms. The molecule has 0 radical (unpaired) electrons. The second-order valence-corrected chi connectivity index (χ2v) is 10.2. The molecule has 3 aromatic rings. The molecule has 0 spiro atoms. The van der Waals surface area contributed by atoms with Gasteiger partial charge in [0.2, 0.25) is 11.7 Å². The molecule has 1 aromatic heterocycles. The predicted octanol–water partition coefficient (Wildman–Crippen LogP) is 4.34. The van der Waals surface area contributed by atoms with Crippen LogP contribution in [0.25, 0.3) is 0 Å². The van der Waals surface area contributed by atoms with Crippen molar-refractivity contribution in [1.29, 1.82) is 0 Å². The van der Waals surface area contributed by atoms with E-state index >= 15 is 0 Å². The molecule has 0 N–H and O–H groups in total. The maximum absolute atomic E-state index is 11.6. The van der Waals surface area contributed by atoms with Crippen LogP contribution < -0.4 is 4.90 Å². The first-order chi connectivity index (χ1) is 17.9. The molecule has 2 aliphatic heterocycles. The fraction of sp³-hybridized carbons (Fsp3) is 0.407. The number of hydrogen-bond donors (Lipinski definition) is 0. The van der Waals surface area contributed by atoms with Gasteiger partial charge in [-0.25, -0.2) is 4.98 Å². The van der Waals surface area contributed by atoms with E-state index in [4.69, 9.17) is 37.4 Å². The van der Waals surface area contributed by atoms with Gasteiger partial charge in [-0.2, -0.15) is 0 Å². The van der Waals surface area contributed by atoms with Gasteiger partial charge in [0, 0.05) is 61.8 Å². The van der Waals surface area contributed by atoms with Crippen LogP contribution >= 0.6 is 23.2 Å². The Morgan fingerprint density at radius 1 is 1.08 bits per heavy atom. The van der Waals surface area contributed by atoms with Crippen LogP contribution in [-0.4, -0.2) is 65.9 Å². The Hall–Kier alpha value is -2.62. The zero-order valence-corrected chi connectivity index (χ0v) is 22.2. The summed E-state index contributed by atoms with van der Waals surface area (Å²) >= 11 is 12.7. The van der Waals surface area contributed by atoms with Crippen molar-refractivity contribution in [3.63, 3.8) is 0 Å². The third kappa shape index (κ3) is 6.10. The van der Waals surface area contributed by atoms with E-state index in [9.17, 15) is 4.79 Å². The number of carbonyl (C=O) groups is 1. The summed E-state index contributed by atoms with van der Waals surface area (Å²) in [6.07, 6.45) is 5.06. The Bertz CT molecular complexity index is 1190. The van der Waals surface area contributed by atoms with E-state index in [0.717, 1.165) is 37.4 Å². The van der Waals surface area contributed by atoms with Gasteiger partial charge in [0.25, 0.3) is 0 Å². The quantitative estimate of drug-likeness (QED) is 0.440. The first-order valence-corrected chi connectivity index (χ1v) is 13.1. The number of piperazine rings is 1. The van der Waals surface area contributed by atoms with Crippen LogP contribution in [0.3, 0.4) is 0 Å². The Morgan fingerprint density at radius 3 is 2.43 bits per heavy atom. The van der Waals surface area contributed by atoms with Crippen LogP contribution in [0.1, 0.15) is 18.1 Å². The predicted molar refractivity (Wildman–Crippen MR) is 142 cm³/mol. The van der Waals surface area contributed by atoms with E-state index in [-0.39, 0.29) is 12.0 Å². The molecule has 0 unspecified atom stereocenters. The van der Waals surface area contributed by atoms with Gasteiger partial charge in [0.15, 0.2) is 0 Å². The summed E-state index contributed by atoms with van der Waals surface area (Å²) in [5.74, 6) is -0.936. The minimum atomic E-state index is -1.07. The number of anilines is 1. The molecule has 0 aliphatic carbocycles. The van der Waals surface area contributed by atoms with Gasteiger partial charge in [-0.15, -0.1) is 0 Å². The summed E-state index contributed by atoms with van der Waals surface area (Å²) in [6.45, 7) is 6.36. The van der Waals surface area contributed by atoms with Crippen LogP contribution in [0.5, 0.6) is 0 Å². The number of nitrogens with zero attached hydrogens (tertiary/aromatic N) is 4. The molecule has 3 heterocycles. The topological polar surface area (TPSA) is 69.1 Å². The van der Waals surface area contributed by atoms with Crippen LogP contribution in [0.15, 0.2) is 61.2 Å². The van der Waals surface area contributed by atoms with Crippen molar-refractivity contribution in [3.8, 4) is 0 Å². The Labute approximate surface area is 226 Å². The largest absolute Gasteiger partial charge is 0.369 e. The van der Waals surface area contributed by atoms with Gasteiger partial charge in [0.05, 0.1) is 37.7 Å². The Kier molecular flexibility index (Phi) is 8.02. The Balaban J connectivity index is 1.18. The van der Waals surface area contributed by atoms with Crippen molar-refractivity contribution in [1.82, 2.24) is 14.5 Å². The van der Waals surface area contributed by atoms with E-state index in [0.29, 0.717) is 42.0 Å². The molecular formula is C27H30Cl2N4O4. The average molecular weight is 545 g/mol. The van der Waals surface area contributed by atoms with E-state index in [1.165, 1.54) is 0 Å². The first kappa shape index (κ1) is 26.0. The summed E-state index contributed by atoms with van der Waals surface area (Å²) in [5, 5.41) is 1.03. The number of rotatable bonds is 7. The highest BCUT2D eigenvalue weighted by Gasteiger charge is 2.42. The average Bonchev–Trinajstić information content (AvgIpc) is 3.41. The van der Waals surface area contributed by atoms with E-state index < -0.39 is 5.79 Å². The fourth-order valence-corrected chi connectivity index (χ4v) is 5.24. The number of aromatic nitrogens is 2. The highest BCUT2D eigenvalue weighted by molar-refractivity contribution is 6.35. The minimum Gasteiger partial charge on any atom is -0.369 e. The standard InChI is InChI=1S/C27H30Cl2N4O4/c1-20(34)32-10-12-33(13-11-32)23-5-2-21(3-6-23)15-35-24-16-36-27(37-17-24,18-31-9-8-30-19-31)25-7-4-22(28)14-26(25)29/h2-9,14,19,24H,10-13,15-18H2,1H3/t24-,27-. The van der Waals surface area contributed by atoms with Crippen LogP contribution in [0, 0.1) is 0 Å². The van der Waals surface area contributed by atoms with Gasteiger partial charge in [-0.3, -0.25) is 4.79 Å². The summed E-state index contributed by atoms with van der Waals surface area (Å²) in [5.41, 5.74) is 2.94. The van der Waals surface area contributed by atoms with Crippen LogP contribution in [0.2, 0.25) is 10.0 Å². The molecule has 5 rings (SSSR count). The van der Waals surface area contributed by atoms with Gasteiger partial charge < -0.3 is 28.6 Å². The molecule has 2 saturated heterocycles. The lowest BCUT2D eigenvalue weighted by Crippen LogP contribution is -2.48. The van der Waals surface area contributed by atoms with Crippen LogP contribution in [0.4, 0.5) is 5.69 Å². The number of imidazole rings is 1. The van der Waals surface area contributed by atoms with Crippen molar-refractivity contribution in [3.05, 3.63) is 82.4 Å². The molecule has 8 nitrogen and oxygen atoms in total. The number of carbonyl (C=O) groups excluding carboxylic acids is 1. The van der Waals surface area contributed by atoms with Crippen LogP contribution in [-0.2, 0) is 37.9 Å². The van der Waals surface area contributed by atoms with Crippen molar-refractivity contribution < 1.29 is 19.0 Å². The second-order valence-electron chi connectivity index (χ2n) is 9.33. The lowest BCUT2D eigenvalue weighted by atomic mass is 10.0.